The summed E-state index contributed by atoms with van der Waals surface area (Å²) >= 11 is 0. The summed E-state index contributed by atoms with van der Waals surface area (Å²) in [5.41, 5.74) is 1.78. The fourth-order valence-corrected chi connectivity index (χ4v) is 1.89. The van der Waals surface area contributed by atoms with Crippen molar-refractivity contribution < 1.29 is 19.4 Å². The molecule has 110 valence electrons. The van der Waals surface area contributed by atoms with Gasteiger partial charge in [0.25, 0.3) is 0 Å². The minimum Gasteiger partial charge on any atom is -0.494 e. The Hall–Kier alpha value is -2.49. The highest BCUT2D eigenvalue weighted by Gasteiger charge is 2.01. The number of carboxylic acids is 1. The Kier molecular flexibility index (Phi) is 5.21. The van der Waals surface area contributed by atoms with Crippen LogP contribution in [-0.2, 0) is 17.8 Å². The van der Waals surface area contributed by atoms with Gasteiger partial charge in [0, 0.05) is 0 Å². The maximum atomic E-state index is 10.6. The quantitative estimate of drug-likeness (QED) is 0.848. The zero-order chi connectivity index (χ0) is 15.1. The first-order valence-corrected chi connectivity index (χ1v) is 6.82. The van der Waals surface area contributed by atoms with Gasteiger partial charge in [-0.05, 0) is 42.3 Å². The molecule has 0 saturated heterocycles. The van der Waals surface area contributed by atoms with E-state index >= 15 is 0 Å². The summed E-state index contributed by atoms with van der Waals surface area (Å²) in [4.78, 5) is 10.6. The lowest BCUT2D eigenvalue weighted by Crippen LogP contribution is -2.00. The lowest BCUT2D eigenvalue weighted by Gasteiger charge is -2.08. The Morgan fingerprint density at radius 3 is 1.95 bits per heavy atom. The Bertz CT molecular complexity index is 573. The molecule has 0 aliphatic carbocycles. The summed E-state index contributed by atoms with van der Waals surface area (Å²) in [6.45, 7) is 3.03. The molecule has 1 N–H and O–H groups in total. The molecule has 0 fully saturated rings. The van der Waals surface area contributed by atoms with Crippen molar-refractivity contribution in [3.63, 3.8) is 0 Å². The Balaban J connectivity index is 1.88. The molecule has 0 aliphatic heterocycles. The van der Waals surface area contributed by atoms with Crippen LogP contribution in [0, 0.1) is 0 Å². The second kappa shape index (κ2) is 7.33. The molecule has 0 spiro atoms. The molecule has 4 heteroatoms. The van der Waals surface area contributed by atoms with Gasteiger partial charge in [0.1, 0.15) is 18.1 Å². The second-order valence-electron chi connectivity index (χ2n) is 4.58. The van der Waals surface area contributed by atoms with Gasteiger partial charge in [0.2, 0.25) is 0 Å². The number of aliphatic carboxylic acids is 1. The van der Waals surface area contributed by atoms with E-state index in [1.54, 1.807) is 0 Å². The SMILES string of the molecule is CCOc1ccc(OCc2ccc(CC(=O)O)cc2)cc1. The molecule has 0 atom stereocenters. The highest BCUT2D eigenvalue weighted by Crippen LogP contribution is 2.18. The number of hydrogen-bond donors (Lipinski definition) is 1. The number of benzene rings is 2. The van der Waals surface area contributed by atoms with Crippen molar-refractivity contribution in [1.29, 1.82) is 0 Å². The van der Waals surface area contributed by atoms with Gasteiger partial charge in [-0.3, -0.25) is 4.79 Å². The van der Waals surface area contributed by atoms with E-state index in [0.717, 1.165) is 22.6 Å². The predicted octanol–water partition coefficient (Wildman–Crippen LogP) is 3.29. The fourth-order valence-electron chi connectivity index (χ4n) is 1.89. The molecule has 0 saturated carbocycles. The maximum absolute atomic E-state index is 10.6. The van der Waals surface area contributed by atoms with E-state index in [1.165, 1.54) is 0 Å². The predicted molar refractivity (Wildman–Crippen MR) is 79.7 cm³/mol. The van der Waals surface area contributed by atoms with Crippen molar-refractivity contribution in [3.05, 3.63) is 59.7 Å². The fraction of sp³-hybridized carbons (Fsp3) is 0.235. The Morgan fingerprint density at radius 1 is 0.905 bits per heavy atom. The van der Waals surface area contributed by atoms with E-state index < -0.39 is 5.97 Å². The molecule has 21 heavy (non-hydrogen) atoms. The molecule has 4 nitrogen and oxygen atoms in total. The second-order valence-corrected chi connectivity index (χ2v) is 4.58. The minimum atomic E-state index is -0.826. The average Bonchev–Trinajstić information content (AvgIpc) is 2.48. The van der Waals surface area contributed by atoms with Gasteiger partial charge in [-0.25, -0.2) is 0 Å². The zero-order valence-corrected chi connectivity index (χ0v) is 11.9. The van der Waals surface area contributed by atoms with Crippen molar-refractivity contribution in [2.45, 2.75) is 20.0 Å². The Morgan fingerprint density at radius 2 is 1.43 bits per heavy atom. The number of ether oxygens (including phenoxy) is 2. The van der Waals surface area contributed by atoms with Crippen molar-refractivity contribution in [3.8, 4) is 11.5 Å². The molecule has 0 bridgehead atoms. The van der Waals surface area contributed by atoms with Crippen LogP contribution in [0.25, 0.3) is 0 Å². The van der Waals surface area contributed by atoms with Gasteiger partial charge in [-0.1, -0.05) is 24.3 Å². The third kappa shape index (κ3) is 4.84. The summed E-state index contributed by atoms with van der Waals surface area (Å²) < 4.78 is 11.0. The van der Waals surface area contributed by atoms with E-state index in [0.29, 0.717) is 13.2 Å². The number of carbonyl (C=O) groups is 1. The maximum Gasteiger partial charge on any atom is 0.307 e. The van der Waals surface area contributed by atoms with Crippen LogP contribution in [0.5, 0.6) is 11.5 Å². The summed E-state index contributed by atoms with van der Waals surface area (Å²) in [7, 11) is 0. The monoisotopic (exact) mass is 286 g/mol. The van der Waals surface area contributed by atoms with Crippen LogP contribution in [0.4, 0.5) is 0 Å². The van der Waals surface area contributed by atoms with Crippen molar-refractivity contribution in [2.24, 2.45) is 0 Å². The number of carboxylic acid groups (broad SMARTS) is 1. The zero-order valence-electron chi connectivity index (χ0n) is 11.9. The van der Waals surface area contributed by atoms with Gasteiger partial charge >= 0.3 is 5.97 Å². The van der Waals surface area contributed by atoms with Crippen LogP contribution in [0.15, 0.2) is 48.5 Å². The van der Waals surface area contributed by atoms with Crippen LogP contribution in [0.1, 0.15) is 18.1 Å². The molecule has 2 aromatic rings. The summed E-state index contributed by atoms with van der Waals surface area (Å²) in [5, 5.41) is 8.71. The average molecular weight is 286 g/mol. The van der Waals surface area contributed by atoms with E-state index in [1.807, 2.05) is 55.5 Å². The Labute approximate surface area is 123 Å². The molecular weight excluding hydrogens is 268 g/mol. The molecule has 2 rings (SSSR count). The largest absolute Gasteiger partial charge is 0.494 e. The first kappa shape index (κ1) is 14.9. The molecular formula is C17H18O4. The highest BCUT2D eigenvalue weighted by molar-refractivity contribution is 5.70. The number of rotatable bonds is 7. The van der Waals surface area contributed by atoms with Gasteiger partial charge in [0.05, 0.1) is 13.0 Å². The summed E-state index contributed by atoms with van der Waals surface area (Å²) in [6, 6.07) is 14.9. The molecule has 0 aromatic heterocycles. The van der Waals surface area contributed by atoms with Crippen molar-refractivity contribution in [2.75, 3.05) is 6.61 Å². The van der Waals surface area contributed by atoms with E-state index in [2.05, 4.69) is 0 Å². The third-order valence-electron chi connectivity index (χ3n) is 2.92. The molecule has 2 aromatic carbocycles. The van der Waals surface area contributed by atoms with Gasteiger partial charge < -0.3 is 14.6 Å². The summed E-state index contributed by atoms with van der Waals surface area (Å²) in [5.74, 6) is 0.768. The molecule has 0 amide bonds. The smallest absolute Gasteiger partial charge is 0.307 e. The lowest BCUT2D eigenvalue weighted by molar-refractivity contribution is -0.136. The minimum absolute atomic E-state index is 0.0417. The molecule has 0 unspecified atom stereocenters. The van der Waals surface area contributed by atoms with Crippen LogP contribution in [0.3, 0.4) is 0 Å². The number of hydrogen-bond acceptors (Lipinski definition) is 3. The van der Waals surface area contributed by atoms with Gasteiger partial charge in [0.15, 0.2) is 0 Å². The van der Waals surface area contributed by atoms with E-state index in [4.69, 9.17) is 14.6 Å². The first-order chi connectivity index (χ1) is 10.2. The van der Waals surface area contributed by atoms with Gasteiger partial charge in [-0.15, -0.1) is 0 Å². The van der Waals surface area contributed by atoms with E-state index in [-0.39, 0.29) is 6.42 Å². The summed E-state index contributed by atoms with van der Waals surface area (Å²) in [6.07, 6.45) is 0.0417. The third-order valence-corrected chi connectivity index (χ3v) is 2.92. The van der Waals surface area contributed by atoms with E-state index in [9.17, 15) is 4.79 Å². The van der Waals surface area contributed by atoms with Crippen LogP contribution < -0.4 is 9.47 Å². The first-order valence-electron chi connectivity index (χ1n) is 6.82. The topological polar surface area (TPSA) is 55.8 Å². The van der Waals surface area contributed by atoms with Crippen molar-refractivity contribution in [1.82, 2.24) is 0 Å². The van der Waals surface area contributed by atoms with Gasteiger partial charge in [-0.2, -0.15) is 0 Å². The highest BCUT2D eigenvalue weighted by atomic mass is 16.5. The normalized spacial score (nSPS) is 10.1. The molecule has 0 heterocycles. The molecule has 0 radical (unpaired) electrons. The standard InChI is InChI=1S/C17H18O4/c1-2-20-15-7-9-16(10-8-15)21-12-14-5-3-13(4-6-14)11-17(18)19/h3-10H,2,11-12H2,1H3,(H,18,19). The van der Waals surface area contributed by atoms with Crippen molar-refractivity contribution >= 4 is 5.97 Å². The van der Waals surface area contributed by atoms with Crippen LogP contribution in [0.2, 0.25) is 0 Å². The lowest BCUT2D eigenvalue weighted by atomic mass is 10.1. The molecule has 0 aliphatic rings. The van der Waals surface area contributed by atoms with Crippen LogP contribution in [-0.4, -0.2) is 17.7 Å². The van der Waals surface area contributed by atoms with Crippen LogP contribution >= 0.6 is 0 Å².